The Hall–Kier alpha value is -16.5. The van der Waals surface area contributed by atoms with E-state index in [2.05, 4.69) is 346 Å². The summed E-state index contributed by atoms with van der Waals surface area (Å²) in [5, 5.41) is 22.4. The number of fused-ring (bicyclic) bond motifs is 6. The van der Waals surface area contributed by atoms with Crippen molar-refractivity contribution in [2.45, 2.75) is 0 Å². The van der Waals surface area contributed by atoms with Gasteiger partial charge in [0.2, 0.25) is 0 Å². The van der Waals surface area contributed by atoms with Crippen LogP contribution in [0.25, 0.3) is 165 Å². The molecule has 0 atom stereocenters. The quantitative estimate of drug-likeness (QED) is 0.0635. The summed E-state index contributed by atoms with van der Waals surface area (Å²) in [4.78, 5) is 0. The maximum atomic E-state index is 15.1. The lowest BCUT2D eigenvalue weighted by atomic mass is 9.85. The van der Waals surface area contributed by atoms with Crippen LogP contribution in [-0.2, 0) is 13.7 Å². The first-order chi connectivity index (χ1) is 68.1. The number of rotatable bonds is 18. The second-order valence-corrected chi connectivity index (χ2v) is 43.2. The molecule has 3 nitrogen and oxygen atoms in total. The van der Waals surface area contributed by atoms with Gasteiger partial charge in [-0.3, -0.25) is 0 Å². The van der Waals surface area contributed by atoms with Gasteiger partial charge < -0.3 is 13.7 Å². The fraction of sp³-hybridized carbons (Fsp3) is 0. The van der Waals surface area contributed by atoms with E-state index >= 15 is 9.13 Å². The normalized spacial score (nSPS) is 11.6. The molecule has 0 saturated heterocycles. The van der Waals surface area contributed by atoms with Gasteiger partial charge in [0.05, 0.1) is 0 Å². The van der Waals surface area contributed by atoms with Crippen molar-refractivity contribution in [2.24, 2.45) is 0 Å². The van der Waals surface area contributed by atoms with Crippen molar-refractivity contribution in [1.29, 1.82) is 0 Å². The van der Waals surface area contributed by atoms with E-state index in [9.17, 15) is 4.57 Å². The largest absolute Gasteiger partial charge is 0.309 e. The van der Waals surface area contributed by atoms with Crippen molar-refractivity contribution in [3.05, 3.63) is 564 Å². The van der Waals surface area contributed by atoms with Gasteiger partial charge in [0.15, 0.2) is 21.4 Å². The van der Waals surface area contributed by atoms with E-state index in [1.54, 1.807) is 0 Å². The van der Waals surface area contributed by atoms with Crippen LogP contribution in [0.5, 0.6) is 0 Å². The Kier molecular flexibility index (Phi) is 24.2. The zero-order valence-electron chi connectivity index (χ0n) is 75.8. The Balaban J connectivity index is 0.000000119. The summed E-state index contributed by atoms with van der Waals surface area (Å²) in [5.74, 6) is 0. The molecule has 0 heterocycles. The molecule has 0 fully saturated rings. The Morgan fingerprint density at radius 3 is 0.478 bits per heavy atom. The highest BCUT2D eigenvalue weighted by Crippen LogP contribution is 2.52. The standard InChI is InChI=1S/3C44H31OP/c45-46(36-21-6-2-7-22-36,37-23-8-3-9-24-37)38-25-15-19-34(31-38)33-18-14-20-35(30-33)44-41-28-12-10-26-39(41)43(32-16-4-1-5-17-32)40-27-11-13-29-42(40)44;45-46(36-19-6-2-7-20-36,37-21-8-3-9-22-37)38-29-27-32(28-30-38)34-17-14-18-35(31-34)44-41-25-12-10-23-39(41)43(33-15-4-1-5-16-33)40-24-11-13-26-42(40)44;45-46(36-18-6-2-7-19-36,37-20-8-3-9-21-37)38-22-14-17-35(31-38)32-27-29-34(30-28-32)44-41-25-12-10-23-39(41)43(33-15-4-1-5-16-33)40-24-11-13-26-42(40)44/h3*1-31H. The summed E-state index contributed by atoms with van der Waals surface area (Å²) >= 11 is 0. The van der Waals surface area contributed by atoms with Gasteiger partial charge in [-0.25, -0.2) is 0 Å². The van der Waals surface area contributed by atoms with Crippen LogP contribution in [0.3, 0.4) is 0 Å². The Bertz CT molecular complexity index is 8420. The molecule has 24 rings (SSSR count). The lowest BCUT2D eigenvalue weighted by Crippen LogP contribution is -2.25. The summed E-state index contributed by atoms with van der Waals surface area (Å²) in [6, 6.07) is 195. The van der Waals surface area contributed by atoms with E-state index in [1.807, 2.05) is 218 Å². The van der Waals surface area contributed by atoms with Crippen LogP contribution in [0.1, 0.15) is 0 Å². The first-order valence-electron chi connectivity index (χ1n) is 46.9. The van der Waals surface area contributed by atoms with E-state index in [4.69, 9.17) is 0 Å². The molecule has 0 amide bonds. The van der Waals surface area contributed by atoms with Gasteiger partial charge in [-0.1, -0.05) is 540 Å². The predicted molar refractivity (Wildman–Crippen MR) is 591 cm³/mol. The molecule has 0 aliphatic rings. The highest BCUT2D eigenvalue weighted by molar-refractivity contribution is 7.86. The fourth-order valence-electron chi connectivity index (χ4n) is 20.4. The highest BCUT2D eigenvalue weighted by Gasteiger charge is 2.34. The minimum absolute atomic E-state index is 0.830. The van der Waals surface area contributed by atoms with Crippen molar-refractivity contribution in [1.82, 2.24) is 0 Å². The summed E-state index contributed by atoms with van der Waals surface area (Å²) in [6.07, 6.45) is 0. The van der Waals surface area contributed by atoms with Crippen molar-refractivity contribution < 1.29 is 13.7 Å². The summed E-state index contributed by atoms with van der Waals surface area (Å²) < 4.78 is 45.0. The third-order valence-electron chi connectivity index (χ3n) is 26.8. The van der Waals surface area contributed by atoms with Crippen molar-refractivity contribution in [3.8, 4) is 100 Å². The third-order valence-corrected chi connectivity index (χ3v) is 36.0. The minimum atomic E-state index is -3.09. The van der Waals surface area contributed by atoms with Crippen molar-refractivity contribution >= 4 is 134 Å². The van der Waals surface area contributed by atoms with Gasteiger partial charge in [-0.15, -0.1) is 0 Å². The zero-order valence-corrected chi connectivity index (χ0v) is 78.4. The Labute approximate surface area is 805 Å². The molecular weight excluding hydrogens is 1730 g/mol. The molecule has 0 saturated carbocycles. The van der Waals surface area contributed by atoms with Crippen molar-refractivity contribution in [3.63, 3.8) is 0 Å². The zero-order chi connectivity index (χ0) is 92.8. The van der Waals surface area contributed by atoms with Crippen molar-refractivity contribution in [2.75, 3.05) is 0 Å². The van der Waals surface area contributed by atoms with Crippen LogP contribution in [-0.4, -0.2) is 0 Å². The van der Waals surface area contributed by atoms with Gasteiger partial charge in [0.1, 0.15) is 0 Å². The van der Waals surface area contributed by atoms with Crippen LogP contribution in [0, 0.1) is 0 Å². The van der Waals surface area contributed by atoms with Gasteiger partial charge in [-0.05, 0) is 189 Å². The molecule has 654 valence electrons. The van der Waals surface area contributed by atoms with Crippen LogP contribution in [0.2, 0.25) is 0 Å². The van der Waals surface area contributed by atoms with Gasteiger partial charge in [0, 0.05) is 47.7 Å². The second-order valence-electron chi connectivity index (χ2n) is 34.8. The highest BCUT2D eigenvalue weighted by atomic mass is 31.2. The first-order valence-corrected chi connectivity index (χ1v) is 52.0. The van der Waals surface area contributed by atoms with E-state index in [1.165, 1.54) is 126 Å². The molecule has 6 heteroatoms. The Morgan fingerprint density at radius 2 is 0.232 bits per heavy atom. The Morgan fingerprint density at radius 1 is 0.0942 bits per heavy atom. The first kappa shape index (κ1) is 86.9. The van der Waals surface area contributed by atoms with Crippen LogP contribution < -0.4 is 47.7 Å². The topological polar surface area (TPSA) is 51.2 Å². The molecule has 138 heavy (non-hydrogen) atoms. The van der Waals surface area contributed by atoms with E-state index < -0.39 is 21.4 Å². The predicted octanol–water partition coefficient (Wildman–Crippen LogP) is 31.9. The number of hydrogen-bond donors (Lipinski definition) is 0. The van der Waals surface area contributed by atoms with E-state index in [0.29, 0.717) is 0 Å². The smallest absolute Gasteiger partial charge is 0.171 e. The molecule has 0 radical (unpaired) electrons. The van der Waals surface area contributed by atoms with Gasteiger partial charge >= 0.3 is 0 Å². The van der Waals surface area contributed by atoms with E-state index in [-0.39, 0.29) is 0 Å². The number of benzene rings is 24. The average Bonchev–Trinajstić information content (AvgIpc) is 0.754. The molecule has 24 aromatic rings. The molecule has 0 aliphatic heterocycles. The maximum Gasteiger partial charge on any atom is 0.171 e. The van der Waals surface area contributed by atoms with Gasteiger partial charge in [-0.2, -0.15) is 0 Å². The molecule has 0 bridgehead atoms. The van der Waals surface area contributed by atoms with Crippen LogP contribution >= 0.6 is 21.4 Å². The van der Waals surface area contributed by atoms with Gasteiger partial charge in [0.25, 0.3) is 0 Å². The van der Waals surface area contributed by atoms with Crippen LogP contribution in [0.4, 0.5) is 0 Å². The second kappa shape index (κ2) is 38.5. The molecule has 0 spiro atoms. The third kappa shape index (κ3) is 16.4. The molecule has 24 aromatic carbocycles. The summed E-state index contributed by atoms with van der Waals surface area (Å²) in [6.45, 7) is 0. The summed E-state index contributed by atoms with van der Waals surface area (Å²) in [5.41, 5.74) is 21.1. The summed E-state index contributed by atoms with van der Waals surface area (Å²) in [7, 11) is -9.19. The molecule has 0 unspecified atom stereocenters. The fourth-order valence-corrected chi connectivity index (χ4v) is 28.4. The lowest BCUT2D eigenvalue weighted by molar-refractivity contribution is 0.591. The number of hydrogen-bond acceptors (Lipinski definition) is 3. The molecule has 0 aromatic heterocycles. The minimum Gasteiger partial charge on any atom is -0.309 e. The SMILES string of the molecule is O=P(c1ccccc1)(c1ccccc1)c1ccc(-c2cccc(-c3c4ccccc4c(-c4ccccc4)c4ccccc34)c2)cc1.O=P(c1ccccc1)(c1ccccc1)c1cccc(-c2ccc(-c3c4ccccc4c(-c4ccccc4)c4ccccc34)cc2)c1.O=P(c1ccccc1)(c1ccccc1)c1cccc(-c2cccc(-c3c4ccccc4c(-c4ccccc4)c4ccccc34)c2)c1. The monoisotopic (exact) mass is 1820 g/mol. The van der Waals surface area contributed by atoms with Crippen LogP contribution in [0.15, 0.2) is 564 Å². The molecule has 0 N–H and O–H groups in total. The molecular formula is C132H93O3P3. The maximum absolute atomic E-state index is 15.1. The average molecular weight is 1820 g/mol. The van der Waals surface area contributed by atoms with E-state index in [0.717, 1.165) is 86.7 Å². The molecule has 0 aliphatic carbocycles. The lowest BCUT2D eigenvalue weighted by Gasteiger charge is -2.21.